The Morgan fingerprint density at radius 2 is 1.66 bits per heavy atom. The summed E-state index contributed by atoms with van der Waals surface area (Å²) in [7, 11) is 2.16. The number of carbonyl (C=O) groups is 1. The van der Waals surface area contributed by atoms with Gasteiger partial charge in [0.25, 0.3) is 0 Å². The summed E-state index contributed by atoms with van der Waals surface area (Å²) in [6.07, 6.45) is 1.83. The Kier molecular flexibility index (Phi) is 6.27. The minimum atomic E-state index is -0.0187. The highest BCUT2D eigenvalue weighted by atomic mass is 16.2. The molecule has 29 heavy (non-hydrogen) atoms. The predicted octanol–water partition coefficient (Wildman–Crippen LogP) is 2.18. The lowest BCUT2D eigenvalue weighted by molar-refractivity contribution is 0.142. The molecule has 4 rings (SSSR count). The van der Waals surface area contributed by atoms with Crippen molar-refractivity contribution in [3.05, 3.63) is 54.4 Å². The van der Waals surface area contributed by atoms with Gasteiger partial charge in [-0.15, -0.1) is 0 Å². The highest BCUT2D eigenvalue weighted by Gasteiger charge is 2.21. The monoisotopic (exact) mass is 394 g/mol. The van der Waals surface area contributed by atoms with Gasteiger partial charge in [0.15, 0.2) is 0 Å². The summed E-state index contributed by atoms with van der Waals surface area (Å²) in [5.74, 6) is 0. The zero-order valence-corrected chi connectivity index (χ0v) is 17.1. The molecule has 2 fully saturated rings. The molecule has 0 saturated carbocycles. The standard InChI is InChI=1S/C22H30N6O/c1-25-10-14-27(15-11-25)21-7-5-19(6-8-21)24-22(29)28-16-12-26(13-17-28)18-20-4-2-3-9-23-20/h2-9H,10-18H2,1H3,(H,24,29). The number of aromatic nitrogens is 1. The van der Waals surface area contributed by atoms with Crippen LogP contribution in [0.2, 0.25) is 0 Å². The van der Waals surface area contributed by atoms with Crippen LogP contribution in [0.4, 0.5) is 16.2 Å². The second-order valence-corrected chi connectivity index (χ2v) is 7.85. The van der Waals surface area contributed by atoms with Crippen molar-refractivity contribution in [1.29, 1.82) is 0 Å². The first kappa shape index (κ1) is 19.7. The highest BCUT2D eigenvalue weighted by molar-refractivity contribution is 5.89. The molecular weight excluding hydrogens is 364 g/mol. The zero-order chi connectivity index (χ0) is 20.1. The highest BCUT2D eigenvalue weighted by Crippen LogP contribution is 2.20. The number of benzene rings is 1. The van der Waals surface area contributed by atoms with Crippen LogP contribution in [0.25, 0.3) is 0 Å². The van der Waals surface area contributed by atoms with Crippen molar-refractivity contribution in [3.8, 4) is 0 Å². The zero-order valence-electron chi connectivity index (χ0n) is 17.1. The SMILES string of the molecule is CN1CCN(c2ccc(NC(=O)N3CCN(Cc4ccccn4)CC3)cc2)CC1. The number of urea groups is 1. The van der Waals surface area contributed by atoms with Crippen LogP contribution in [-0.4, -0.2) is 85.1 Å². The van der Waals surface area contributed by atoms with Crippen molar-refractivity contribution in [2.24, 2.45) is 0 Å². The first-order chi connectivity index (χ1) is 14.2. The minimum absolute atomic E-state index is 0.0187. The predicted molar refractivity (Wildman–Crippen MR) is 116 cm³/mol. The molecule has 2 aliphatic heterocycles. The maximum Gasteiger partial charge on any atom is 0.321 e. The Bertz CT molecular complexity index is 781. The lowest BCUT2D eigenvalue weighted by Gasteiger charge is -2.35. The van der Waals surface area contributed by atoms with E-state index >= 15 is 0 Å². The van der Waals surface area contributed by atoms with E-state index in [0.29, 0.717) is 0 Å². The van der Waals surface area contributed by atoms with E-state index in [1.807, 2.05) is 41.4 Å². The summed E-state index contributed by atoms with van der Waals surface area (Å²) >= 11 is 0. The third-order valence-corrected chi connectivity index (χ3v) is 5.76. The average Bonchev–Trinajstić information content (AvgIpc) is 2.76. The molecular formula is C22H30N6O. The van der Waals surface area contributed by atoms with Crippen molar-refractivity contribution in [2.75, 3.05) is 69.6 Å². The number of rotatable bonds is 4. The van der Waals surface area contributed by atoms with E-state index in [2.05, 4.69) is 44.2 Å². The second-order valence-electron chi connectivity index (χ2n) is 7.85. The molecule has 0 unspecified atom stereocenters. The van der Waals surface area contributed by atoms with Crippen LogP contribution in [0.1, 0.15) is 5.69 Å². The van der Waals surface area contributed by atoms with Crippen molar-refractivity contribution < 1.29 is 4.79 Å². The summed E-state index contributed by atoms with van der Waals surface area (Å²) in [5.41, 5.74) is 3.15. The largest absolute Gasteiger partial charge is 0.369 e. The van der Waals surface area contributed by atoms with Crippen molar-refractivity contribution >= 4 is 17.4 Å². The van der Waals surface area contributed by atoms with Crippen molar-refractivity contribution in [3.63, 3.8) is 0 Å². The molecule has 2 aromatic rings. The molecule has 2 saturated heterocycles. The van der Waals surface area contributed by atoms with Crippen LogP contribution >= 0.6 is 0 Å². The van der Waals surface area contributed by atoms with Crippen LogP contribution in [0.15, 0.2) is 48.7 Å². The molecule has 7 nitrogen and oxygen atoms in total. The molecule has 2 amide bonds. The van der Waals surface area contributed by atoms with Gasteiger partial charge >= 0.3 is 6.03 Å². The lowest BCUT2D eigenvalue weighted by atomic mass is 10.2. The molecule has 2 aliphatic rings. The summed E-state index contributed by atoms with van der Waals surface area (Å²) in [6, 6.07) is 14.2. The van der Waals surface area contributed by atoms with E-state index in [9.17, 15) is 4.79 Å². The molecule has 1 aromatic heterocycles. The number of carbonyl (C=O) groups excluding carboxylic acids is 1. The van der Waals surface area contributed by atoms with E-state index in [1.165, 1.54) is 5.69 Å². The normalized spacial score (nSPS) is 18.7. The molecule has 0 bridgehead atoms. The van der Waals surface area contributed by atoms with E-state index in [4.69, 9.17) is 0 Å². The second kappa shape index (κ2) is 9.24. The van der Waals surface area contributed by atoms with Crippen LogP contribution in [-0.2, 0) is 6.54 Å². The van der Waals surface area contributed by atoms with Gasteiger partial charge in [0, 0.05) is 76.5 Å². The smallest absolute Gasteiger partial charge is 0.321 e. The molecule has 0 radical (unpaired) electrons. The van der Waals surface area contributed by atoms with Gasteiger partial charge in [-0.2, -0.15) is 0 Å². The number of pyridine rings is 1. The van der Waals surface area contributed by atoms with Crippen LogP contribution in [0.5, 0.6) is 0 Å². The van der Waals surface area contributed by atoms with E-state index in [-0.39, 0.29) is 6.03 Å². The minimum Gasteiger partial charge on any atom is -0.369 e. The summed E-state index contributed by atoms with van der Waals surface area (Å²) in [5, 5.41) is 3.04. The molecule has 0 spiro atoms. The van der Waals surface area contributed by atoms with Gasteiger partial charge in [-0.1, -0.05) is 6.07 Å². The molecule has 7 heteroatoms. The first-order valence-electron chi connectivity index (χ1n) is 10.4. The Morgan fingerprint density at radius 1 is 0.931 bits per heavy atom. The Balaban J connectivity index is 1.24. The lowest BCUT2D eigenvalue weighted by Crippen LogP contribution is -2.49. The van der Waals surface area contributed by atoms with Crippen molar-refractivity contribution in [2.45, 2.75) is 6.54 Å². The van der Waals surface area contributed by atoms with Gasteiger partial charge in [-0.05, 0) is 43.4 Å². The number of amides is 2. The fraction of sp³-hybridized carbons (Fsp3) is 0.455. The summed E-state index contributed by atoms with van der Waals surface area (Å²) in [4.78, 5) is 26.0. The third-order valence-electron chi connectivity index (χ3n) is 5.76. The molecule has 154 valence electrons. The maximum absolute atomic E-state index is 12.6. The van der Waals surface area contributed by atoms with Crippen LogP contribution < -0.4 is 10.2 Å². The van der Waals surface area contributed by atoms with Gasteiger partial charge in [0.05, 0.1) is 5.69 Å². The third kappa shape index (κ3) is 5.25. The topological polar surface area (TPSA) is 55.0 Å². The summed E-state index contributed by atoms with van der Waals surface area (Å²) in [6.45, 7) is 8.31. The molecule has 0 atom stereocenters. The molecule has 1 N–H and O–H groups in total. The van der Waals surface area contributed by atoms with E-state index in [1.54, 1.807) is 0 Å². The molecule has 1 aromatic carbocycles. The Hall–Kier alpha value is -2.64. The van der Waals surface area contributed by atoms with Crippen LogP contribution in [0, 0.1) is 0 Å². The van der Waals surface area contributed by atoms with Gasteiger partial charge in [0.2, 0.25) is 0 Å². The van der Waals surface area contributed by atoms with Crippen LogP contribution in [0.3, 0.4) is 0 Å². The molecule has 3 heterocycles. The number of nitrogens with zero attached hydrogens (tertiary/aromatic N) is 5. The van der Waals surface area contributed by atoms with Gasteiger partial charge in [-0.3, -0.25) is 9.88 Å². The number of anilines is 2. The summed E-state index contributed by atoms with van der Waals surface area (Å²) < 4.78 is 0. The Labute approximate surface area is 172 Å². The number of piperazine rings is 2. The number of hydrogen-bond acceptors (Lipinski definition) is 5. The number of likely N-dealkylation sites (N-methyl/N-ethyl adjacent to an activating group) is 1. The van der Waals surface area contributed by atoms with E-state index < -0.39 is 0 Å². The van der Waals surface area contributed by atoms with Crippen molar-refractivity contribution in [1.82, 2.24) is 19.7 Å². The Morgan fingerprint density at radius 3 is 2.31 bits per heavy atom. The fourth-order valence-corrected chi connectivity index (χ4v) is 3.85. The number of nitrogens with one attached hydrogen (secondary N) is 1. The van der Waals surface area contributed by atoms with E-state index in [0.717, 1.165) is 70.3 Å². The first-order valence-corrected chi connectivity index (χ1v) is 10.4. The average molecular weight is 395 g/mol. The van der Waals surface area contributed by atoms with Gasteiger partial charge in [-0.25, -0.2) is 4.79 Å². The molecule has 0 aliphatic carbocycles. The van der Waals surface area contributed by atoms with Gasteiger partial charge in [0.1, 0.15) is 0 Å². The fourth-order valence-electron chi connectivity index (χ4n) is 3.85. The number of hydrogen-bond donors (Lipinski definition) is 1. The van der Waals surface area contributed by atoms with Gasteiger partial charge < -0.3 is 20.0 Å². The quantitative estimate of drug-likeness (QED) is 0.862. The maximum atomic E-state index is 12.6.